The molecule has 6 heteroatoms. The lowest BCUT2D eigenvalue weighted by molar-refractivity contribution is -0.131. The SMILES string of the molecule is CN(C(=O)Cn1ccnc1C(N)=S)C1CC1. The van der Waals surface area contributed by atoms with Crippen molar-refractivity contribution in [3.8, 4) is 0 Å². The molecule has 1 heterocycles. The number of amides is 1. The summed E-state index contributed by atoms with van der Waals surface area (Å²) in [6.07, 6.45) is 5.52. The molecule has 0 aliphatic heterocycles. The van der Waals surface area contributed by atoms with Gasteiger partial charge in [-0.3, -0.25) is 4.79 Å². The summed E-state index contributed by atoms with van der Waals surface area (Å²) in [5, 5.41) is 0. The van der Waals surface area contributed by atoms with Gasteiger partial charge in [-0.2, -0.15) is 0 Å². The standard InChI is InChI=1S/C10H14N4OS/c1-13(7-2-3-7)8(15)6-14-5-4-12-10(14)9(11)16/h4-5,7H,2-3,6H2,1H3,(H2,11,16). The smallest absolute Gasteiger partial charge is 0.242 e. The Hall–Kier alpha value is -1.43. The highest BCUT2D eigenvalue weighted by Gasteiger charge is 2.29. The summed E-state index contributed by atoms with van der Waals surface area (Å²) < 4.78 is 1.68. The molecule has 5 nitrogen and oxygen atoms in total. The molecule has 0 atom stereocenters. The number of nitrogens with zero attached hydrogens (tertiary/aromatic N) is 3. The maximum atomic E-state index is 11.9. The molecule has 16 heavy (non-hydrogen) atoms. The molecule has 0 aromatic carbocycles. The molecule has 2 N–H and O–H groups in total. The van der Waals surface area contributed by atoms with Gasteiger partial charge in [-0.25, -0.2) is 4.98 Å². The fourth-order valence-electron chi connectivity index (χ4n) is 1.58. The van der Waals surface area contributed by atoms with Gasteiger partial charge in [0.1, 0.15) is 11.5 Å². The quantitative estimate of drug-likeness (QED) is 0.758. The van der Waals surface area contributed by atoms with Crippen LogP contribution < -0.4 is 5.73 Å². The van der Waals surface area contributed by atoms with Crippen molar-refractivity contribution in [2.24, 2.45) is 5.73 Å². The second-order valence-electron chi connectivity index (χ2n) is 3.98. The number of likely N-dealkylation sites (N-methyl/N-ethyl adjacent to an activating group) is 1. The normalized spacial score (nSPS) is 14.8. The Labute approximate surface area is 99.2 Å². The topological polar surface area (TPSA) is 64.2 Å². The summed E-state index contributed by atoms with van der Waals surface area (Å²) in [5.41, 5.74) is 5.51. The van der Waals surface area contributed by atoms with Crippen LogP contribution in [0.3, 0.4) is 0 Å². The first-order valence-corrected chi connectivity index (χ1v) is 5.57. The number of hydrogen-bond acceptors (Lipinski definition) is 3. The second-order valence-corrected chi connectivity index (χ2v) is 4.42. The molecule has 0 radical (unpaired) electrons. The largest absolute Gasteiger partial charge is 0.387 e. The Bertz CT molecular complexity index is 424. The van der Waals surface area contributed by atoms with E-state index in [0.29, 0.717) is 11.9 Å². The van der Waals surface area contributed by atoms with E-state index in [2.05, 4.69) is 4.98 Å². The number of aromatic nitrogens is 2. The summed E-state index contributed by atoms with van der Waals surface area (Å²) in [5.74, 6) is 0.561. The van der Waals surface area contributed by atoms with E-state index in [1.807, 2.05) is 7.05 Å². The number of nitrogens with two attached hydrogens (primary N) is 1. The highest BCUT2D eigenvalue weighted by Crippen LogP contribution is 2.25. The molecule has 0 spiro atoms. The summed E-state index contributed by atoms with van der Waals surface area (Å²) in [7, 11) is 1.83. The van der Waals surface area contributed by atoms with Crippen LogP contribution >= 0.6 is 12.2 Å². The summed E-state index contributed by atoms with van der Waals surface area (Å²) >= 11 is 4.86. The van der Waals surface area contributed by atoms with Crippen LogP contribution in [0.2, 0.25) is 0 Å². The maximum absolute atomic E-state index is 11.9. The van der Waals surface area contributed by atoms with E-state index in [9.17, 15) is 4.79 Å². The third-order valence-corrected chi connectivity index (χ3v) is 2.91. The Morgan fingerprint density at radius 3 is 3.00 bits per heavy atom. The number of carbonyl (C=O) groups is 1. The van der Waals surface area contributed by atoms with Gasteiger partial charge >= 0.3 is 0 Å². The lowest BCUT2D eigenvalue weighted by Crippen LogP contribution is -2.33. The maximum Gasteiger partial charge on any atom is 0.242 e. The van der Waals surface area contributed by atoms with Crippen LogP contribution in [0.15, 0.2) is 12.4 Å². The minimum Gasteiger partial charge on any atom is -0.387 e. The highest BCUT2D eigenvalue weighted by molar-refractivity contribution is 7.80. The summed E-state index contributed by atoms with van der Waals surface area (Å²) in [6.45, 7) is 0.250. The van der Waals surface area contributed by atoms with Crippen molar-refractivity contribution >= 4 is 23.1 Å². The molecule has 86 valence electrons. The van der Waals surface area contributed by atoms with Crippen LogP contribution in [0.5, 0.6) is 0 Å². The first-order valence-electron chi connectivity index (χ1n) is 5.16. The number of imidazole rings is 1. The average molecular weight is 238 g/mol. The van der Waals surface area contributed by atoms with E-state index in [-0.39, 0.29) is 17.4 Å². The van der Waals surface area contributed by atoms with Crippen LogP contribution in [0.4, 0.5) is 0 Å². The summed E-state index contributed by atoms with van der Waals surface area (Å²) in [6, 6.07) is 0.421. The van der Waals surface area contributed by atoms with Gasteiger partial charge in [0.25, 0.3) is 0 Å². The lowest BCUT2D eigenvalue weighted by Gasteiger charge is -2.17. The Morgan fingerprint density at radius 2 is 2.44 bits per heavy atom. The van der Waals surface area contributed by atoms with Crippen molar-refractivity contribution in [1.29, 1.82) is 0 Å². The van der Waals surface area contributed by atoms with Crippen molar-refractivity contribution in [1.82, 2.24) is 14.5 Å². The minimum atomic E-state index is 0.0676. The van der Waals surface area contributed by atoms with Crippen LogP contribution in [-0.4, -0.2) is 38.4 Å². The third-order valence-electron chi connectivity index (χ3n) is 2.73. The molecule has 0 bridgehead atoms. The average Bonchev–Trinajstić information content (AvgIpc) is 2.97. The highest BCUT2D eigenvalue weighted by atomic mass is 32.1. The van der Waals surface area contributed by atoms with Crippen molar-refractivity contribution in [2.75, 3.05) is 7.05 Å². The number of hydrogen-bond donors (Lipinski definition) is 1. The molecular formula is C10H14N4OS. The number of carbonyl (C=O) groups excluding carboxylic acids is 1. The monoisotopic (exact) mass is 238 g/mol. The molecule has 2 rings (SSSR count). The van der Waals surface area contributed by atoms with Crippen molar-refractivity contribution in [3.63, 3.8) is 0 Å². The van der Waals surface area contributed by atoms with Gasteiger partial charge in [0.15, 0.2) is 5.82 Å². The fraction of sp³-hybridized carbons (Fsp3) is 0.500. The number of rotatable bonds is 4. The fourth-order valence-corrected chi connectivity index (χ4v) is 1.75. The first kappa shape index (κ1) is 11.1. The van der Waals surface area contributed by atoms with Crippen LogP contribution in [0.25, 0.3) is 0 Å². The molecule has 1 aliphatic carbocycles. The molecule has 1 fully saturated rings. The van der Waals surface area contributed by atoms with Crippen molar-refractivity contribution in [3.05, 3.63) is 18.2 Å². The van der Waals surface area contributed by atoms with E-state index in [0.717, 1.165) is 12.8 Å². The Kier molecular flexibility index (Phi) is 2.91. The van der Waals surface area contributed by atoms with Gasteiger partial charge in [-0.15, -0.1) is 0 Å². The zero-order valence-corrected chi connectivity index (χ0v) is 9.91. The predicted octanol–water partition coefficient (Wildman–Crippen LogP) is 0.138. The van der Waals surface area contributed by atoms with Crippen LogP contribution in [0.1, 0.15) is 18.7 Å². The minimum absolute atomic E-state index is 0.0676. The lowest BCUT2D eigenvalue weighted by atomic mass is 10.4. The molecule has 1 amide bonds. The molecule has 0 unspecified atom stereocenters. The molecule has 1 saturated carbocycles. The number of thiocarbonyl (C=S) groups is 1. The van der Waals surface area contributed by atoms with Gasteiger partial charge in [0.2, 0.25) is 5.91 Å². The molecule has 1 aromatic rings. The van der Waals surface area contributed by atoms with Gasteiger partial charge in [0, 0.05) is 25.5 Å². The van der Waals surface area contributed by atoms with E-state index in [1.165, 1.54) is 0 Å². The van der Waals surface area contributed by atoms with Crippen LogP contribution in [-0.2, 0) is 11.3 Å². The second kappa shape index (κ2) is 4.21. The zero-order valence-electron chi connectivity index (χ0n) is 9.09. The van der Waals surface area contributed by atoms with Gasteiger partial charge < -0.3 is 15.2 Å². The molecule has 1 aromatic heterocycles. The predicted molar refractivity (Wildman–Crippen MR) is 63.9 cm³/mol. The van der Waals surface area contributed by atoms with Crippen molar-refractivity contribution in [2.45, 2.75) is 25.4 Å². The van der Waals surface area contributed by atoms with E-state index in [4.69, 9.17) is 18.0 Å². The Morgan fingerprint density at radius 1 is 1.75 bits per heavy atom. The molecule has 0 saturated heterocycles. The van der Waals surface area contributed by atoms with Gasteiger partial charge in [0.05, 0.1) is 0 Å². The molecular weight excluding hydrogens is 224 g/mol. The van der Waals surface area contributed by atoms with Gasteiger partial charge in [-0.05, 0) is 12.8 Å². The van der Waals surface area contributed by atoms with Crippen LogP contribution in [0, 0.1) is 0 Å². The molecule has 1 aliphatic rings. The van der Waals surface area contributed by atoms with E-state index >= 15 is 0 Å². The van der Waals surface area contributed by atoms with E-state index in [1.54, 1.807) is 21.9 Å². The summed E-state index contributed by atoms with van der Waals surface area (Å²) in [4.78, 5) is 17.9. The Balaban J connectivity index is 2.05. The third kappa shape index (κ3) is 2.21. The van der Waals surface area contributed by atoms with Crippen molar-refractivity contribution < 1.29 is 4.79 Å². The zero-order chi connectivity index (χ0) is 11.7. The van der Waals surface area contributed by atoms with E-state index < -0.39 is 0 Å². The van der Waals surface area contributed by atoms with Gasteiger partial charge in [-0.1, -0.05) is 12.2 Å². The first-order chi connectivity index (χ1) is 7.59.